The van der Waals surface area contributed by atoms with Crippen LogP contribution in [0, 0.1) is 0 Å². The molecule has 0 amide bonds. The highest BCUT2D eigenvalue weighted by Gasteiger charge is 2.32. The molecule has 0 saturated carbocycles. The zero-order valence-electron chi connectivity index (χ0n) is 17.5. The van der Waals surface area contributed by atoms with Crippen LogP contribution in [0.4, 0.5) is 13.2 Å². The van der Waals surface area contributed by atoms with Gasteiger partial charge in [-0.3, -0.25) is 4.99 Å². The molecule has 0 bridgehead atoms. The van der Waals surface area contributed by atoms with E-state index in [1.54, 1.807) is 20.2 Å². The van der Waals surface area contributed by atoms with Gasteiger partial charge in [0.2, 0.25) is 0 Å². The number of morpholine rings is 1. The van der Waals surface area contributed by atoms with Crippen LogP contribution in [0.5, 0.6) is 0 Å². The Morgan fingerprint density at radius 1 is 1.19 bits per heavy atom. The number of alkyl halides is 3. The molecule has 1 aliphatic heterocycles. The number of aliphatic imine (C=N–C) groups is 1. The molecule has 5 nitrogen and oxygen atoms in total. The Kier molecular flexibility index (Phi) is 9.57. The van der Waals surface area contributed by atoms with E-state index in [0.717, 1.165) is 23.3 Å². The van der Waals surface area contributed by atoms with Gasteiger partial charge in [0, 0.05) is 27.2 Å². The van der Waals surface area contributed by atoms with Gasteiger partial charge in [-0.2, -0.15) is 13.2 Å². The van der Waals surface area contributed by atoms with Crippen LogP contribution in [0.2, 0.25) is 0 Å². The van der Waals surface area contributed by atoms with Crippen molar-refractivity contribution >= 4 is 29.9 Å². The molecule has 1 saturated heterocycles. The van der Waals surface area contributed by atoms with E-state index < -0.39 is 17.8 Å². The number of hydrogen-bond acceptors (Lipinski definition) is 3. The van der Waals surface area contributed by atoms with Crippen molar-refractivity contribution in [3.05, 3.63) is 70.8 Å². The number of halogens is 4. The molecule has 1 atom stereocenters. The summed E-state index contributed by atoms with van der Waals surface area (Å²) in [5, 5.41) is 3.33. The number of benzene rings is 2. The SMILES string of the molecule is CN=C(NCc1cccc(COC)c1)N1CCOC(c2cccc(C(F)(F)F)c2)C1.I. The topological polar surface area (TPSA) is 46.1 Å². The van der Waals surface area contributed by atoms with E-state index >= 15 is 0 Å². The quantitative estimate of drug-likeness (QED) is 0.336. The average Bonchev–Trinajstić information content (AvgIpc) is 2.74. The Morgan fingerprint density at radius 3 is 2.65 bits per heavy atom. The van der Waals surface area contributed by atoms with Gasteiger partial charge in [0.15, 0.2) is 5.96 Å². The first-order chi connectivity index (χ1) is 14.4. The maximum Gasteiger partial charge on any atom is 0.416 e. The molecule has 9 heteroatoms. The number of hydrogen-bond donors (Lipinski definition) is 1. The van der Waals surface area contributed by atoms with Crippen LogP contribution in [0.15, 0.2) is 53.5 Å². The van der Waals surface area contributed by atoms with E-state index in [2.05, 4.69) is 16.4 Å². The largest absolute Gasteiger partial charge is 0.416 e. The fraction of sp³-hybridized carbons (Fsp3) is 0.409. The van der Waals surface area contributed by atoms with E-state index in [1.165, 1.54) is 6.07 Å². The molecule has 0 radical (unpaired) electrons. The monoisotopic (exact) mass is 549 g/mol. The standard InChI is InChI=1S/C22H26F3N3O2.HI/c1-26-21(27-13-16-5-3-6-17(11-16)15-29-2)28-9-10-30-20(14-28)18-7-4-8-19(12-18)22(23,24)25;/h3-8,11-12,20H,9-10,13-15H2,1-2H3,(H,26,27);1H. The molecule has 0 aromatic heterocycles. The molecule has 1 fully saturated rings. The van der Waals surface area contributed by atoms with Gasteiger partial charge in [0.05, 0.1) is 25.3 Å². The van der Waals surface area contributed by atoms with Crippen molar-refractivity contribution in [2.75, 3.05) is 33.9 Å². The minimum atomic E-state index is -4.38. The van der Waals surface area contributed by atoms with Gasteiger partial charge in [-0.15, -0.1) is 24.0 Å². The molecule has 0 aliphatic carbocycles. The molecule has 1 aliphatic rings. The summed E-state index contributed by atoms with van der Waals surface area (Å²) >= 11 is 0. The van der Waals surface area contributed by atoms with Crippen LogP contribution in [0.3, 0.4) is 0 Å². The lowest BCUT2D eigenvalue weighted by Gasteiger charge is -2.35. The molecule has 2 aromatic carbocycles. The second kappa shape index (κ2) is 11.7. The zero-order valence-corrected chi connectivity index (χ0v) is 19.8. The van der Waals surface area contributed by atoms with Gasteiger partial charge in [-0.25, -0.2) is 0 Å². The third-order valence-electron chi connectivity index (χ3n) is 4.92. The van der Waals surface area contributed by atoms with Gasteiger partial charge < -0.3 is 19.7 Å². The number of nitrogens with zero attached hydrogens (tertiary/aromatic N) is 2. The minimum Gasteiger partial charge on any atom is -0.380 e. The van der Waals surface area contributed by atoms with E-state index in [0.29, 0.717) is 44.4 Å². The highest BCUT2D eigenvalue weighted by atomic mass is 127. The highest BCUT2D eigenvalue weighted by molar-refractivity contribution is 14.0. The smallest absolute Gasteiger partial charge is 0.380 e. The van der Waals surface area contributed by atoms with Crippen LogP contribution < -0.4 is 5.32 Å². The van der Waals surface area contributed by atoms with Crippen molar-refractivity contribution in [3.63, 3.8) is 0 Å². The van der Waals surface area contributed by atoms with Crippen LogP contribution in [-0.2, 0) is 28.8 Å². The van der Waals surface area contributed by atoms with Crippen LogP contribution >= 0.6 is 24.0 Å². The third-order valence-corrected chi connectivity index (χ3v) is 4.92. The van der Waals surface area contributed by atoms with Crippen molar-refractivity contribution in [2.45, 2.75) is 25.4 Å². The maximum absolute atomic E-state index is 13.0. The zero-order chi connectivity index (χ0) is 21.6. The Balaban J connectivity index is 0.00000341. The molecule has 0 spiro atoms. The summed E-state index contributed by atoms with van der Waals surface area (Å²) in [4.78, 5) is 6.35. The normalized spacial score (nSPS) is 17.3. The molecule has 2 aromatic rings. The van der Waals surface area contributed by atoms with E-state index in [1.807, 2.05) is 23.1 Å². The van der Waals surface area contributed by atoms with E-state index in [9.17, 15) is 13.2 Å². The van der Waals surface area contributed by atoms with E-state index in [4.69, 9.17) is 9.47 Å². The lowest BCUT2D eigenvalue weighted by molar-refractivity contribution is -0.137. The first-order valence-corrected chi connectivity index (χ1v) is 9.72. The van der Waals surface area contributed by atoms with Crippen LogP contribution in [-0.4, -0.2) is 44.7 Å². The molecule has 170 valence electrons. The van der Waals surface area contributed by atoms with Gasteiger partial charge in [0.1, 0.15) is 6.10 Å². The average molecular weight is 549 g/mol. The molecule has 1 unspecified atom stereocenters. The lowest BCUT2D eigenvalue weighted by Crippen LogP contribution is -2.48. The van der Waals surface area contributed by atoms with Gasteiger partial charge in [0.25, 0.3) is 0 Å². The first kappa shape index (κ1) is 25.4. The maximum atomic E-state index is 13.0. The molecule has 1 N–H and O–H groups in total. The summed E-state index contributed by atoms with van der Waals surface area (Å²) in [6.45, 7) is 2.56. The molecule has 31 heavy (non-hydrogen) atoms. The predicted octanol–water partition coefficient (Wildman–Crippen LogP) is 4.62. The number of methoxy groups -OCH3 is 1. The molecular formula is C22H27F3IN3O2. The summed E-state index contributed by atoms with van der Waals surface area (Å²) < 4.78 is 50.1. The highest BCUT2D eigenvalue weighted by Crippen LogP contribution is 2.32. The van der Waals surface area contributed by atoms with Crippen LogP contribution in [0.25, 0.3) is 0 Å². The Bertz CT molecular complexity index is 877. The van der Waals surface area contributed by atoms with Crippen molar-refractivity contribution in [1.82, 2.24) is 10.2 Å². The fourth-order valence-electron chi connectivity index (χ4n) is 3.47. The van der Waals surface area contributed by atoms with Crippen molar-refractivity contribution in [1.29, 1.82) is 0 Å². The Morgan fingerprint density at radius 2 is 1.94 bits per heavy atom. The summed E-state index contributed by atoms with van der Waals surface area (Å²) in [6, 6.07) is 13.4. The molecule has 1 heterocycles. The fourth-order valence-corrected chi connectivity index (χ4v) is 3.47. The molecular weight excluding hydrogens is 522 g/mol. The van der Waals surface area contributed by atoms with Crippen LogP contribution in [0.1, 0.15) is 28.4 Å². The number of guanidine groups is 1. The number of nitrogens with one attached hydrogen (secondary N) is 1. The number of rotatable bonds is 5. The first-order valence-electron chi connectivity index (χ1n) is 9.72. The summed E-state index contributed by atoms with van der Waals surface area (Å²) in [7, 11) is 3.35. The third kappa shape index (κ3) is 7.08. The Hall–Kier alpha value is -1.85. The molecule has 3 rings (SSSR count). The Labute approximate surface area is 197 Å². The van der Waals surface area contributed by atoms with E-state index in [-0.39, 0.29) is 24.0 Å². The summed E-state index contributed by atoms with van der Waals surface area (Å²) in [5.74, 6) is 0.687. The predicted molar refractivity (Wildman–Crippen MR) is 124 cm³/mol. The number of ether oxygens (including phenoxy) is 2. The second-order valence-electron chi connectivity index (χ2n) is 7.08. The minimum absolute atomic E-state index is 0. The summed E-state index contributed by atoms with van der Waals surface area (Å²) in [6.07, 6.45) is -4.83. The summed E-state index contributed by atoms with van der Waals surface area (Å²) in [5.41, 5.74) is 2.02. The second-order valence-corrected chi connectivity index (χ2v) is 7.08. The van der Waals surface area contributed by atoms with Crippen molar-refractivity contribution < 1.29 is 22.6 Å². The van der Waals surface area contributed by atoms with Gasteiger partial charge in [-0.05, 0) is 28.8 Å². The van der Waals surface area contributed by atoms with Gasteiger partial charge in [-0.1, -0.05) is 36.4 Å². The van der Waals surface area contributed by atoms with Gasteiger partial charge >= 0.3 is 6.18 Å². The van der Waals surface area contributed by atoms with Crippen molar-refractivity contribution in [3.8, 4) is 0 Å². The van der Waals surface area contributed by atoms with Crippen molar-refractivity contribution in [2.24, 2.45) is 4.99 Å². The lowest BCUT2D eigenvalue weighted by atomic mass is 10.0.